The van der Waals surface area contributed by atoms with Crippen molar-refractivity contribution in [2.75, 3.05) is 26.0 Å². The number of thioether (sulfide) groups is 1. The third-order valence-corrected chi connectivity index (χ3v) is 3.73. The number of ketones is 1. The summed E-state index contributed by atoms with van der Waals surface area (Å²) in [5, 5.41) is -0.0190. The van der Waals surface area contributed by atoms with Gasteiger partial charge in [-0.3, -0.25) is 9.59 Å². The monoisotopic (exact) mass is 265 g/mol. The van der Waals surface area contributed by atoms with E-state index in [0.29, 0.717) is 17.9 Å². The lowest BCUT2D eigenvalue weighted by Crippen LogP contribution is -2.30. The van der Waals surface area contributed by atoms with Gasteiger partial charge in [0.1, 0.15) is 5.75 Å². The van der Waals surface area contributed by atoms with Gasteiger partial charge >= 0.3 is 0 Å². The van der Waals surface area contributed by atoms with Gasteiger partial charge < -0.3 is 9.64 Å². The largest absolute Gasteiger partial charge is 0.496 e. The molecule has 1 heterocycles. The second-order valence-electron chi connectivity index (χ2n) is 4.16. The van der Waals surface area contributed by atoms with Gasteiger partial charge in [-0.2, -0.15) is 0 Å². The number of carbonyl (C=O) groups is 2. The number of Topliss-reactive ketones (excluding diaryl/α,β-unsaturated/α-hetero) is 1. The Morgan fingerprint density at radius 1 is 1.50 bits per heavy atom. The molecule has 1 aliphatic rings. The highest BCUT2D eigenvalue weighted by Crippen LogP contribution is 2.22. The van der Waals surface area contributed by atoms with E-state index >= 15 is 0 Å². The second kappa shape index (κ2) is 5.44. The summed E-state index contributed by atoms with van der Waals surface area (Å²) in [5.41, 5.74) is 1.57. The zero-order valence-electron chi connectivity index (χ0n) is 10.4. The minimum Gasteiger partial charge on any atom is -0.496 e. The van der Waals surface area contributed by atoms with E-state index in [1.165, 1.54) is 11.8 Å². The Hall–Kier alpha value is -1.49. The van der Waals surface area contributed by atoms with Gasteiger partial charge in [-0.25, -0.2) is 0 Å². The molecule has 1 aromatic carbocycles. The SMILES string of the molecule is COc1cc(C)ccc1C(=O)CN1CCSC1=O. The molecule has 0 aromatic heterocycles. The van der Waals surface area contributed by atoms with Crippen molar-refractivity contribution in [3.63, 3.8) is 0 Å². The van der Waals surface area contributed by atoms with Crippen LogP contribution in [-0.4, -0.2) is 41.9 Å². The molecule has 1 aliphatic heterocycles. The molecule has 1 fully saturated rings. The van der Waals surface area contributed by atoms with E-state index in [9.17, 15) is 9.59 Å². The van der Waals surface area contributed by atoms with Crippen molar-refractivity contribution < 1.29 is 14.3 Å². The summed E-state index contributed by atoms with van der Waals surface area (Å²) in [4.78, 5) is 25.2. The third kappa shape index (κ3) is 2.67. The molecule has 2 rings (SSSR count). The van der Waals surface area contributed by atoms with Crippen molar-refractivity contribution in [3.05, 3.63) is 29.3 Å². The number of amides is 1. The Morgan fingerprint density at radius 3 is 2.89 bits per heavy atom. The highest BCUT2D eigenvalue weighted by atomic mass is 32.2. The molecular formula is C13H15NO3S. The molecule has 0 N–H and O–H groups in total. The van der Waals surface area contributed by atoms with Crippen LogP contribution in [0, 0.1) is 6.92 Å². The molecule has 0 aliphatic carbocycles. The van der Waals surface area contributed by atoms with E-state index in [0.717, 1.165) is 11.3 Å². The van der Waals surface area contributed by atoms with Crippen LogP contribution < -0.4 is 4.74 Å². The Kier molecular flexibility index (Phi) is 3.91. The predicted octanol–water partition coefficient (Wildman–Crippen LogP) is 2.36. The molecule has 0 saturated carbocycles. The molecule has 0 atom stereocenters. The van der Waals surface area contributed by atoms with Crippen molar-refractivity contribution in [1.29, 1.82) is 0 Å². The van der Waals surface area contributed by atoms with Crippen LogP contribution in [0.4, 0.5) is 4.79 Å². The summed E-state index contributed by atoms with van der Waals surface area (Å²) in [6.45, 7) is 2.71. The summed E-state index contributed by atoms with van der Waals surface area (Å²) < 4.78 is 5.21. The highest BCUT2D eigenvalue weighted by molar-refractivity contribution is 8.13. The fourth-order valence-electron chi connectivity index (χ4n) is 1.86. The summed E-state index contributed by atoms with van der Waals surface area (Å²) in [5.74, 6) is 1.25. The van der Waals surface area contributed by atoms with Crippen LogP contribution in [-0.2, 0) is 0 Å². The van der Waals surface area contributed by atoms with Crippen molar-refractivity contribution >= 4 is 22.8 Å². The number of carbonyl (C=O) groups excluding carboxylic acids is 2. The predicted molar refractivity (Wildman–Crippen MR) is 71.5 cm³/mol. The summed E-state index contributed by atoms with van der Waals surface area (Å²) in [7, 11) is 1.54. The van der Waals surface area contributed by atoms with Gasteiger partial charge in [0.25, 0.3) is 5.24 Å². The number of benzene rings is 1. The molecule has 1 aromatic rings. The lowest BCUT2D eigenvalue weighted by Gasteiger charge is -2.15. The third-order valence-electron chi connectivity index (χ3n) is 2.84. The second-order valence-corrected chi connectivity index (χ2v) is 5.21. The van der Waals surface area contributed by atoms with E-state index in [4.69, 9.17) is 4.74 Å². The van der Waals surface area contributed by atoms with Crippen molar-refractivity contribution in [2.24, 2.45) is 0 Å². The minimum absolute atomic E-state index is 0.0190. The lowest BCUT2D eigenvalue weighted by atomic mass is 10.1. The molecule has 4 nitrogen and oxygen atoms in total. The number of hydrogen-bond acceptors (Lipinski definition) is 4. The standard InChI is InChI=1S/C13H15NO3S/c1-9-3-4-10(12(7-9)17-2)11(15)8-14-5-6-18-13(14)16/h3-4,7H,5-6,8H2,1-2H3. The molecule has 96 valence electrons. The first kappa shape index (κ1) is 13.0. The fraction of sp³-hybridized carbons (Fsp3) is 0.385. The number of ether oxygens (including phenoxy) is 1. The Balaban J connectivity index is 2.15. The molecule has 0 spiro atoms. The average Bonchev–Trinajstić information content (AvgIpc) is 2.74. The van der Waals surface area contributed by atoms with Crippen molar-refractivity contribution in [1.82, 2.24) is 4.90 Å². The van der Waals surface area contributed by atoms with Gasteiger partial charge in [0.05, 0.1) is 19.2 Å². The Labute approximate surface area is 110 Å². The maximum absolute atomic E-state index is 12.2. The molecule has 0 bridgehead atoms. The van der Waals surface area contributed by atoms with Crippen LogP contribution in [0.25, 0.3) is 0 Å². The summed E-state index contributed by atoms with van der Waals surface area (Å²) in [6.07, 6.45) is 0. The van der Waals surface area contributed by atoms with Gasteiger partial charge in [-0.1, -0.05) is 17.8 Å². The topological polar surface area (TPSA) is 46.6 Å². The van der Waals surface area contributed by atoms with Gasteiger partial charge in [-0.15, -0.1) is 0 Å². The first-order valence-electron chi connectivity index (χ1n) is 5.71. The smallest absolute Gasteiger partial charge is 0.282 e. The molecule has 0 radical (unpaired) electrons. The number of hydrogen-bond donors (Lipinski definition) is 0. The first-order valence-corrected chi connectivity index (χ1v) is 6.70. The highest BCUT2D eigenvalue weighted by Gasteiger charge is 2.24. The fourth-order valence-corrected chi connectivity index (χ4v) is 2.68. The van der Waals surface area contributed by atoms with Crippen LogP contribution in [0.2, 0.25) is 0 Å². The molecule has 0 unspecified atom stereocenters. The van der Waals surface area contributed by atoms with Crippen LogP contribution >= 0.6 is 11.8 Å². The molecule has 1 saturated heterocycles. The first-order chi connectivity index (χ1) is 8.61. The van der Waals surface area contributed by atoms with Gasteiger partial charge in [-0.05, 0) is 24.6 Å². The molecule has 1 amide bonds. The number of rotatable bonds is 4. The number of aryl methyl sites for hydroxylation is 1. The van der Waals surface area contributed by atoms with Crippen LogP contribution in [0.5, 0.6) is 5.75 Å². The normalized spacial score (nSPS) is 15.0. The quantitative estimate of drug-likeness (QED) is 0.784. The number of methoxy groups -OCH3 is 1. The van der Waals surface area contributed by atoms with Crippen LogP contribution in [0.1, 0.15) is 15.9 Å². The maximum Gasteiger partial charge on any atom is 0.282 e. The number of nitrogens with zero attached hydrogens (tertiary/aromatic N) is 1. The van der Waals surface area contributed by atoms with Gasteiger partial charge in [0.15, 0.2) is 5.78 Å². The van der Waals surface area contributed by atoms with E-state index in [2.05, 4.69) is 0 Å². The maximum atomic E-state index is 12.2. The van der Waals surface area contributed by atoms with Crippen molar-refractivity contribution in [2.45, 2.75) is 6.92 Å². The average molecular weight is 265 g/mol. The van der Waals surface area contributed by atoms with Crippen LogP contribution in [0.15, 0.2) is 18.2 Å². The molecule has 18 heavy (non-hydrogen) atoms. The Bertz CT molecular complexity index is 487. The zero-order chi connectivity index (χ0) is 13.1. The Morgan fingerprint density at radius 2 is 2.28 bits per heavy atom. The van der Waals surface area contributed by atoms with Crippen molar-refractivity contribution in [3.8, 4) is 5.75 Å². The van der Waals surface area contributed by atoms with Crippen LogP contribution in [0.3, 0.4) is 0 Å². The lowest BCUT2D eigenvalue weighted by molar-refractivity contribution is 0.0953. The van der Waals surface area contributed by atoms with Gasteiger partial charge in [0.2, 0.25) is 0 Å². The van der Waals surface area contributed by atoms with Gasteiger partial charge in [0, 0.05) is 12.3 Å². The molecular weight excluding hydrogens is 250 g/mol. The molecule has 5 heteroatoms. The van der Waals surface area contributed by atoms with E-state index in [-0.39, 0.29) is 17.6 Å². The summed E-state index contributed by atoms with van der Waals surface area (Å²) >= 11 is 1.26. The summed E-state index contributed by atoms with van der Waals surface area (Å²) in [6, 6.07) is 5.45. The minimum atomic E-state index is -0.0808. The zero-order valence-corrected chi connectivity index (χ0v) is 11.3. The van der Waals surface area contributed by atoms with E-state index in [1.54, 1.807) is 18.1 Å². The van der Waals surface area contributed by atoms with E-state index in [1.807, 2.05) is 19.1 Å². The van der Waals surface area contributed by atoms with E-state index < -0.39 is 0 Å².